The quantitative estimate of drug-likeness (QED) is 0.455. The Kier molecular flexibility index (Phi) is 3.83. The molecular formula is C21H23NO4S. The van der Waals surface area contributed by atoms with E-state index < -0.39 is 5.97 Å². The van der Waals surface area contributed by atoms with Crippen LogP contribution < -0.4 is 4.90 Å². The van der Waals surface area contributed by atoms with E-state index in [0.717, 1.165) is 36.1 Å². The summed E-state index contributed by atoms with van der Waals surface area (Å²) in [6.45, 7) is 4.26. The highest BCUT2D eigenvalue weighted by Gasteiger charge is 2.60. The number of carbonyl (C=O) groups excluding carboxylic acids is 3. The van der Waals surface area contributed by atoms with Gasteiger partial charge in [-0.2, -0.15) is 0 Å². The van der Waals surface area contributed by atoms with Crippen molar-refractivity contribution in [3.8, 4) is 0 Å². The van der Waals surface area contributed by atoms with Crippen LogP contribution in [0.15, 0.2) is 12.2 Å². The number of hydrogen-bond donors (Lipinski definition) is 0. The van der Waals surface area contributed by atoms with Crippen molar-refractivity contribution in [2.45, 2.75) is 39.5 Å². The third-order valence-electron chi connectivity index (χ3n) is 6.65. The number of ether oxygens (including phenoxy) is 1. The fraction of sp³-hybridized carbons (Fsp3) is 0.571. The summed E-state index contributed by atoms with van der Waals surface area (Å²) < 4.78 is 5.30. The molecule has 0 N–H and O–H groups in total. The number of fused-ring (bicyclic) bond motifs is 6. The van der Waals surface area contributed by atoms with Gasteiger partial charge in [0.2, 0.25) is 11.8 Å². The van der Waals surface area contributed by atoms with E-state index in [1.807, 2.05) is 0 Å². The fourth-order valence-corrected chi connectivity index (χ4v) is 6.92. The van der Waals surface area contributed by atoms with Crippen LogP contribution in [0.1, 0.15) is 47.5 Å². The maximum atomic E-state index is 13.2. The van der Waals surface area contributed by atoms with Crippen molar-refractivity contribution in [2.24, 2.45) is 29.6 Å². The highest BCUT2D eigenvalue weighted by Crippen LogP contribution is 2.55. The predicted octanol–water partition coefficient (Wildman–Crippen LogP) is 3.36. The van der Waals surface area contributed by atoms with E-state index >= 15 is 0 Å². The molecular weight excluding hydrogens is 362 g/mol. The van der Waals surface area contributed by atoms with Gasteiger partial charge in [0.05, 0.1) is 24.0 Å². The summed E-state index contributed by atoms with van der Waals surface area (Å²) in [5, 5.41) is 0.511. The molecule has 2 fully saturated rings. The zero-order valence-corrected chi connectivity index (χ0v) is 16.4. The molecule has 0 aromatic carbocycles. The maximum Gasteiger partial charge on any atom is 0.341 e. The normalized spacial score (nSPS) is 33.6. The SMILES string of the molecule is CCOC(=O)c1c(N2C(=O)[C@@H]3[C@@H](C2=O)[C@H]2C=C[C@H]3C2)sc2c1CC[C@H](C)C2. The molecule has 3 aliphatic carbocycles. The van der Waals surface area contributed by atoms with Crippen molar-refractivity contribution >= 4 is 34.1 Å². The van der Waals surface area contributed by atoms with Crippen LogP contribution in [0, 0.1) is 29.6 Å². The molecule has 0 spiro atoms. The van der Waals surface area contributed by atoms with Gasteiger partial charge in [-0.3, -0.25) is 9.59 Å². The maximum absolute atomic E-state index is 13.2. The minimum atomic E-state index is -0.404. The van der Waals surface area contributed by atoms with E-state index in [-0.39, 0.29) is 42.1 Å². The molecule has 1 aromatic heterocycles. The van der Waals surface area contributed by atoms with Gasteiger partial charge >= 0.3 is 5.97 Å². The number of esters is 1. The number of allylic oxidation sites excluding steroid dienone is 2. The van der Waals surface area contributed by atoms with Gasteiger partial charge in [-0.15, -0.1) is 11.3 Å². The van der Waals surface area contributed by atoms with Crippen molar-refractivity contribution in [1.29, 1.82) is 0 Å². The number of carbonyl (C=O) groups is 3. The van der Waals surface area contributed by atoms with Gasteiger partial charge < -0.3 is 4.74 Å². The Morgan fingerprint density at radius 1 is 1.22 bits per heavy atom. The molecule has 0 unspecified atom stereocenters. The summed E-state index contributed by atoms with van der Waals surface area (Å²) in [6, 6.07) is 0. The lowest BCUT2D eigenvalue weighted by atomic mass is 9.85. The molecule has 6 heteroatoms. The van der Waals surface area contributed by atoms with Gasteiger partial charge in [0, 0.05) is 4.88 Å². The van der Waals surface area contributed by atoms with Gasteiger partial charge in [0.15, 0.2) is 0 Å². The van der Waals surface area contributed by atoms with Crippen LogP contribution in [0.25, 0.3) is 0 Å². The third kappa shape index (κ3) is 2.32. The lowest BCUT2D eigenvalue weighted by molar-refractivity contribution is -0.123. The summed E-state index contributed by atoms with van der Waals surface area (Å²) in [5.41, 5.74) is 1.45. The Bertz CT molecular complexity index is 855. The number of thiophene rings is 1. The van der Waals surface area contributed by atoms with Crippen LogP contribution in [0.3, 0.4) is 0 Å². The topological polar surface area (TPSA) is 63.7 Å². The highest BCUT2D eigenvalue weighted by molar-refractivity contribution is 7.17. The number of amides is 2. The summed E-state index contributed by atoms with van der Waals surface area (Å²) in [5.74, 6) is -0.273. The van der Waals surface area contributed by atoms with E-state index in [1.165, 1.54) is 16.2 Å². The van der Waals surface area contributed by atoms with Gasteiger partial charge in [0.25, 0.3) is 0 Å². The van der Waals surface area contributed by atoms with Crippen molar-refractivity contribution in [3.05, 3.63) is 28.2 Å². The molecule has 1 saturated carbocycles. The first kappa shape index (κ1) is 17.2. The van der Waals surface area contributed by atoms with Crippen molar-refractivity contribution in [3.63, 3.8) is 0 Å². The molecule has 1 aromatic rings. The van der Waals surface area contributed by atoms with E-state index in [4.69, 9.17) is 4.74 Å². The molecule has 0 radical (unpaired) electrons. The number of nitrogens with zero attached hydrogens (tertiary/aromatic N) is 1. The number of rotatable bonds is 3. The molecule has 2 bridgehead atoms. The van der Waals surface area contributed by atoms with Crippen molar-refractivity contribution in [1.82, 2.24) is 0 Å². The fourth-order valence-electron chi connectivity index (χ4n) is 5.41. The average molecular weight is 385 g/mol. The Hall–Kier alpha value is -1.95. The second-order valence-electron chi connectivity index (χ2n) is 8.26. The zero-order valence-electron chi connectivity index (χ0n) is 15.6. The monoisotopic (exact) mass is 385 g/mol. The third-order valence-corrected chi connectivity index (χ3v) is 7.89. The summed E-state index contributed by atoms with van der Waals surface area (Å²) in [4.78, 5) is 41.7. The number of imide groups is 1. The molecule has 2 heterocycles. The molecule has 1 saturated heterocycles. The first-order chi connectivity index (χ1) is 13.0. The van der Waals surface area contributed by atoms with E-state index in [2.05, 4.69) is 19.1 Å². The largest absolute Gasteiger partial charge is 0.462 e. The molecule has 1 aliphatic heterocycles. The Morgan fingerprint density at radius 3 is 2.52 bits per heavy atom. The Balaban J connectivity index is 1.60. The predicted molar refractivity (Wildman–Crippen MR) is 102 cm³/mol. The van der Waals surface area contributed by atoms with Crippen LogP contribution in [0.4, 0.5) is 5.00 Å². The molecule has 142 valence electrons. The van der Waals surface area contributed by atoms with Crippen LogP contribution in [-0.4, -0.2) is 24.4 Å². The second-order valence-corrected chi connectivity index (χ2v) is 9.35. The zero-order chi connectivity index (χ0) is 18.9. The van der Waals surface area contributed by atoms with Gasteiger partial charge in [-0.1, -0.05) is 19.1 Å². The molecule has 27 heavy (non-hydrogen) atoms. The second kappa shape index (κ2) is 6.03. The Morgan fingerprint density at radius 2 is 1.89 bits per heavy atom. The first-order valence-corrected chi connectivity index (χ1v) is 10.7. The van der Waals surface area contributed by atoms with Crippen LogP contribution in [-0.2, 0) is 27.2 Å². The molecule has 5 nitrogen and oxygen atoms in total. The van der Waals surface area contributed by atoms with E-state index in [9.17, 15) is 14.4 Å². The molecule has 5 atom stereocenters. The smallest absolute Gasteiger partial charge is 0.341 e. The minimum Gasteiger partial charge on any atom is -0.462 e. The van der Waals surface area contributed by atoms with Crippen LogP contribution in [0.2, 0.25) is 0 Å². The number of hydrogen-bond acceptors (Lipinski definition) is 5. The number of anilines is 1. The van der Waals surface area contributed by atoms with Crippen LogP contribution in [0.5, 0.6) is 0 Å². The average Bonchev–Trinajstić information content (AvgIpc) is 3.36. The molecule has 5 rings (SSSR count). The standard InChI is InChI=1S/C21H23NO4S/c1-3-26-21(25)17-13-7-4-10(2)8-14(13)27-20(17)22-18(23)15-11-5-6-12(9-11)16(15)19(22)24/h5-6,10-12,15-16H,3-4,7-9H2,1-2H3/t10-,11-,12-,15-,16-/m0/s1. The highest BCUT2D eigenvalue weighted by atomic mass is 32.1. The lowest BCUT2D eigenvalue weighted by Gasteiger charge is -2.19. The Labute approximate surface area is 162 Å². The summed E-state index contributed by atoms with van der Waals surface area (Å²) >= 11 is 1.45. The minimum absolute atomic E-state index is 0.126. The first-order valence-electron chi connectivity index (χ1n) is 9.89. The van der Waals surface area contributed by atoms with Gasteiger partial charge in [-0.05, 0) is 55.9 Å². The molecule has 4 aliphatic rings. The van der Waals surface area contributed by atoms with E-state index in [1.54, 1.807) is 6.92 Å². The summed E-state index contributed by atoms with van der Waals surface area (Å²) in [6.07, 6.45) is 7.79. The van der Waals surface area contributed by atoms with Gasteiger partial charge in [-0.25, -0.2) is 9.69 Å². The van der Waals surface area contributed by atoms with E-state index in [0.29, 0.717) is 16.5 Å². The molecule has 2 amide bonds. The van der Waals surface area contributed by atoms with Crippen LogP contribution >= 0.6 is 11.3 Å². The van der Waals surface area contributed by atoms with Crippen molar-refractivity contribution in [2.75, 3.05) is 11.5 Å². The van der Waals surface area contributed by atoms with Gasteiger partial charge in [0.1, 0.15) is 5.00 Å². The summed E-state index contributed by atoms with van der Waals surface area (Å²) in [7, 11) is 0. The lowest BCUT2D eigenvalue weighted by Crippen LogP contribution is -2.33. The van der Waals surface area contributed by atoms with Crippen molar-refractivity contribution < 1.29 is 19.1 Å².